The summed E-state index contributed by atoms with van der Waals surface area (Å²) in [7, 11) is 1.51. The van der Waals surface area contributed by atoms with Gasteiger partial charge in [-0.1, -0.05) is 109 Å². The van der Waals surface area contributed by atoms with Crippen molar-refractivity contribution >= 4 is 79.4 Å². The minimum absolute atomic E-state index is 0.0846. The zero-order valence-electron chi connectivity index (χ0n) is 31.1. The van der Waals surface area contributed by atoms with Crippen molar-refractivity contribution in [2.75, 3.05) is 16.9 Å². The Morgan fingerprint density at radius 2 is 0.930 bits per heavy atom. The normalized spacial score (nSPS) is 13.4. The lowest BCUT2D eigenvalue weighted by atomic mass is 9.97. The van der Waals surface area contributed by atoms with Crippen molar-refractivity contribution in [1.82, 2.24) is 0 Å². The van der Waals surface area contributed by atoms with Crippen LogP contribution in [-0.4, -0.2) is 19.4 Å². The van der Waals surface area contributed by atoms with E-state index in [9.17, 15) is 9.59 Å². The fourth-order valence-corrected chi connectivity index (χ4v) is 7.56. The molecule has 274 valence electrons. The first-order valence-corrected chi connectivity index (χ1v) is 18.7. The van der Waals surface area contributed by atoms with Crippen LogP contribution in [0.2, 0.25) is 0 Å². The summed E-state index contributed by atoms with van der Waals surface area (Å²) in [5.41, 5.74) is 7.49. The molecule has 0 fully saturated rings. The molecule has 0 amide bonds. The summed E-state index contributed by atoms with van der Waals surface area (Å²) >= 11 is 0. The first kappa shape index (κ1) is 35.0. The molecule has 1 aliphatic heterocycles. The maximum absolute atomic E-state index is 13.8. The van der Waals surface area contributed by atoms with Gasteiger partial charge in [-0.15, -0.1) is 0 Å². The molecular formula is C51H36N2O4. The van der Waals surface area contributed by atoms with Crippen LogP contribution in [0.4, 0.5) is 34.1 Å². The van der Waals surface area contributed by atoms with Crippen molar-refractivity contribution in [3.63, 3.8) is 0 Å². The molecule has 0 aromatic heterocycles. The fraction of sp³-hybridized carbons (Fsp3) is 0.0196. The second-order valence-electron chi connectivity index (χ2n) is 13.7. The molecule has 8 aromatic rings. The van der Waals surface area contributed by atoms with E-state index in [1.54, 1.807) is 0 Å². The van der Waals surface area contributed by atoms with Crippen molar-refractivity contribution in [2.45, 2.75) is 0 Å². The molecule has 0 N–H and O–H groups in total. The SMILES string of the molecule is CO/C(=C1/C(=O)OC(c2ccc3ccc(N(c4ccccc4)c4ccccc4)cc3c2)=C1C=O)c1ccc2ccc(N(c3ccccc3)c3ccccc3)cc2c1. The third-order valence-corrected chi connectivity index (χ3v) is 10.2. The number of esters is 1. The van der Waals surface area contributed by atoms with Crippen LogP contribution in [0.5, 0.6) is 0 Å². The minimum atomic E-state index is -0.648. The summed E-state index contributed by atoms with van der Waals surface area (Å²) in [5, 5.41) is 3.87. The lowest BCUT2D eigenvalue weighted by Crippen LogP contribution is -2.09. The van der Waals surface area contributed by atoms with Gasteiger partial charge < -0.3 is 19.3 Å². The summed E-state index contributed by atoms with van der Waals surface area (Å²) in [6.45, 7) is 0. The van der Waals surface area contributed by atoms with Crippen molar-refractivity contribution in [3.8, 4) is 0 Å². The van der Waals surface area contributed by atoms with Gasteiger partial charge in [-0.05, 0) is 106 Å². The summed E-state index contributed by atoms with van der Waals surface area (Å²) in [6, 6.07) is 65.0. The van der Waals surface area contributed by atoms with Gasteiger partial charge in [0.25, 0.3) is 0 Å². The Balaban J connectivity index is 1.12. The Bertz CT molecular complexity index is 2760. The van der Waals surface area contributed by atoms with E-state index in [2.05, 4.69) is 94.7 Å². The van der Waals surface area contributed by atoms with E-state index in [1.165, 1.54) is 7.11 Å². The molecule has 0 radical (unpaired) electrons. The molecular weight excluding hydrogens is 705 g/mol. The summed E-state index contributed by atoms with van der Waals surface area (Å²) in [6.07, 6.45) is 0.679. The number of carbonyl (C=O) groups is 2. The van der Waals surface area contributed by atoms with Gasteiger partial charge in [0.2, 0.25) is 0 Å². The quantitative estimate of drug-likeness (QED) is 0.0602. The Labute approximate surface area is 330 Å². The van der Waals surface area contributed by atoms with E-state index in [1.807, 2.05) is 109 Å². The molecule has 0 saturated carbocycles. The fourth-order valence-electron chi connectivity index (χ4n) is 7.56. The lowest BCUT2D eigenvalue weighted by molar-refractivity contribution is -0.131. The Kier molecular flexibility index (Phi) is 9.34. The Morgan fingerprint density at radius 1 is 0.491 bits per heavy atom. The first-order chi connectivity index (χ1) is 28.1. The number of methoxy groups -OCH3 is 1. The second kappa shape index (κ2) is 15.2. The molecule has 1 heterocycles. The molecule has 8 aromatic carbocycles. The highest BCUT2D eigenvalue weighted by Crippen LogP contribution is 2.41. The largest absolute Gasteiger partial charge is 0.495 e. The number of rotatable bonds is 10. The Hall–Kier alpha value is -7.70. The van der Waals surface area contributed by atoms with Gasteiger partial charge in [0, 0.05) is 45.3 Å². The van der Waals surface area contributed by atoms with Gasteiger partial charge in [-0.2, -0.15) is 0 Å². The lowest BCUT2D eigenvalue weighted by Gasteiger charge is -2.25. The maximum Gasteiger partial charge on any atom is 0.348 e. The van der Waals surface area contributed by atoms with Gasteiger partial charge >= 0.3 is 5.97 Å². The third-order valence-electron chi connectivity index (χ3n) is 10.2. The van der Waals surface area contributed by atoms with Gasteiger partial charge in [-0.3, -0.25) is 4.79 Å². The van der Waals surface area contributed by atoms with Crippen LogP contribution in [0, 0.1) is 0 Å². The molecule has 0 spiro atoms. The van der Waals surface area contributed by atoms with E-state index in [-0.39, 0.29) is 22.7 Å². The zero-order chi connectivity index (χ0) is 38.7. The van der Waals surface area contributed by atoms with Gasteiger partial charge in [0.05, 0.1) is 12.7 Å². The molecule has 9 rings (SSSR count). The van der Waals surface area contributed by atoms with E-state index in [0.717, 1.165) is 55.7 Å². The zero-order valence-corrected chi connectivity index (χ0v) is 31.1. The van der Waals surface area contributed by atoms with Crippen LogP contribution in [-0.2, 0) is 19.1 Å². The van der Waals surface area contributed by atoms with Gasteiger partial charge in [0.1, 0.15) is 17.1 Å². The van der Waals surface area contributed by atoms with Crippen molar-refractivity contribution < 1.29 is 19.1 Å². The maximum atomic E-state index is 13.8. The molecule has 0 unspecified atom stereocenters. The number of cyclic esters (lactones) is 1. The third kappa shape index (κ3) is 6.70. The molecule has 0 bridgehead atoms. The number of aldehydes is 1. The molecule has 0 atom stereocenters. The van der Waals surface area contributed by atoms with Crippen molar-refractivity contribution in [3.05, 3.63) is 216 Å². The average Bonchev–Trinajstić information content (AvgIpc) is 3.60. The number of benzene rings is 8. The van der Waals surface area contributed by atoms with Crippen LogP contribution in [0.25, 0.3) is 33.1 Å². The molecule has 0 aliphatic carbocycles. The van der Waals surface area contributed by atoms with E-state index in [0.29, 0.717) is 17.4 Å². The van der Waals surface area contributed by atoms with E-state index in [4.69, 9.17) is 9.47 Å². The van der Waals surface area contributed by atoms with E-state index >= 15 is 0 Å². The summed E-state index contributed by atoms with van der Waals surface area (Å²) < 4.78 is 11.9. The van der Waals surface area contributed by atoms with Gasteiger partial charge in [-0.25, -0.2) is 4.79 Å². The molecule has 1 aliphatic rings. The van der Waals surface area contributed by atoms with Crippen LogP contribution >= 0.6 is 0 Å². The predicted octanol–water partition coefficient (Wildman–Crippen LogP) is 12.5. The molecule has 6 heteroatoms. The number of para-hydroxylation sites is 4. The molecule has 6 nitrogen and oxygen atoms in total. The number of hydrogen-bond donors (Lipinski definition) is 0. The monoisotopic (exact) mass is 740 g/mol. The molecule has 57 heavy (non-hydrogen) atoms. The molecule has 0 saturated heterocycles. The van der Waals surface area contributed by atoms with Crippen molar-refractivity contribution in [1.29, 1.82) is 0 Å². The Morgan fingerprint density at radius 3 is 1.39 bits per heavy atom. The van der Waals surface area contributed by atoms with Crippen LogP contribution < -0.4 is 9.80 Å². The predicted molar refractivity (Wildman–Crippen MR) is 230 cm³/mol. The number of fused-ring (bicyclic) bond motifs is 2. The average molecular weight is 741 g/mol. The smallest absolute Gasteiger partial charge is 0.348 e. The summed E-state index contributed by atoms with van der Waals surface area (Å²) in [4.78, 5) is 31.1. The van der Waals surface area contributed by atoms with E-state index < -0.39 is 5.97 Å². The number of carbonyl (C=O) groups excluding carboxylic acids is 2. The highest BCUT2D eigenvalue weighted by molar-refractivity contribution is 6.17. The van der Waals surface area contributed by atoms with Gasteiger partial charge in [0.15, 0.2) is 6.29 Å². The van der Waals surface area contributed by atoms with Crippen LogP contribution in [0.1, 0.15) is 11.1 Å². The highest BCUT2D eigenvalue weighted by Gasteiger charge is 2.35. The number of ether oxygens (including phenoxy) is 2. The topological polar surface area (TPSA) is 59.1 Å². The van der Waals surface area contributed by atoms with Crippen LogP contribution in [0.3, 0.4) is 0 Å². The second-order valence-corrected chi connectivity index (χ2v) is 13.7. The number of anilines is 6. The summed E-state index contributed by atoms with van der Waals surface area (Å²) in [5.74, 6) is -0.193. The first-order valence-electron chi connectivity index (χ1n) is 18.7. The number of nitrogens with zero attached hydrogens (tertiary/aromatic N) is 2. The van der Waals surface area contributed by atoms with Crippen molar-refractivity contribution in [2.24, 2.45) is 0 Å². The number of hydrogen-bond acceptors (Lipinski definition) is 6. The highest BCUT2D eigenvalue weighted by atomic mass is 16.5. The standard InChI is InChI=1S/C51H36N2O4/c1-56-50(38-25-23-36-27-29-46(33-40(36)31-38)53(43-18-10-4-11-19-43)44-20-12-5-13-21-44)48-47(34-54)49(57-51(48)55)37-24-22-35-26-28-45(32-39(35)30-37)52(41-14-6-2-7-15-41)42-16-8-3-9-17-42/h2-34H,1H3/b50-48+. The minimum Gasteiger partial charge on any atom is -0.495 e. The van der Waals surface area contributed by atoms with Crippen LogP contribution in [0.15, 0.2) is 205 Å².